The molecular formula is C26H37N7O7. The van der Waals surface area contributed by atoms with Gasteiger partial charge in [-0.2, -0.15) is 0 Å². The Bertz CT molecular complexity index is 1240. The maximum absolute atomic E-state index is 13.1. The zero-order valence-electron chi connectivity index (χ0n) is 22.4. The second kappa shape index (κ2) is 14.6. The highest BCUT2D eigenvalue weighted by Crippen LogP contribution is 2.19. The molecule has 0 aliphatic carbocycles. The van der Waals surface area contributed by atoms with Gasteiger partial charge < -0.3 is 43.2 Å². The number of nitrogens with two attached hydrogens (primary N) is 3. The normalized spacial score (nSPS) is 14.1. The van der Waals surface area contributed by atoms with Crippen molar-refractivity contribution in [2.24, 2.45) is 23.1 Å². The predicted molar refractivity (Wildman–Crippen MR) is 145 cm³/mol. The first-order valence-corrected chi connectivity index (χ1v) is 12.8. The second-order valence-corrected chi connectivity index (χ2v) is 10.00. The molecule has 14 heteroatoms. The number of fused-ring (bicyclic) bond motifs is 1. The average Bonchev–Trinajstić information content (AvgIpc) is 3.27. The molecule has 1 aromatic heterocycles. The van der Waals surface area contributed by atoms with Crippen LogP contribution in [0.1, 0.15) is 45.1 Å². The van der Waals surface area contributed by atoms with E-state index in [9.17, 15) is 33.9 Å². The standard InChI is InChI=1S/C26H37N7O7/c1-13(2)9-19(24(37)31-18(26(39)40)7-8-21(28)34)33-25(38)20(11-22(29)35)32-23(36)16(27)10-14-12-30-17-6-4-3-5-15(14)17/h3-6,12-13,16,18-20,30H,7-11,27H2,1-2H3,(H2,28,34)(H2,29,35)(H,31,37)(H,32,36)(H,33,38)(H,39,40). The SMILES string of the molecule is CC(C)CC(NC(=O)C(CC(N)=O)NC(=O)C(N)Cc1c[nH]c2ccccc12)C(=O)NC(CCC(N)=O)C(=O)O. The van der Waals surface area contributed by atoms with Gasteiger partial charge in [-0.3, -0.25) is 24.0 Å². The van der Waals surface area contributed by atoms with E-state index in [1.165, 1.54) is 0 Å². The van der Waals surface area contributed by atoms with Crippen molar-refractivity contribution >= 4 is 46.4 Å². The first-order valence-electron chi connectivity index (χ1n) is 12.8. The molecule has 14 nitrogen and oxygen atoms in total. The maximum atomic E-state index is 13.1. The molecule has 0 aliphatic heterocycles. The van der Waals surface area contributed by atoms with E-state index in [1.54, 1.807) is 20.0 Å². The number of carbonyl (C=O) groups is 6. The Morgan fingerprint density at radius 2 is 1.48 bits per heavy atom. The zero-order valence-corrected chi connectivity index (χ0v) is 22.4. The number of hydrogen-bond acceptors (Lipinski definition) is 7. The highest BCUT2D eigenvalue weighted by Gasteiger charge is 2.31. The van der Waals surface area contributed by atoms with Gasteiger partial charge in [-0.15, -0.1) is 0 Å². The third kappa shape index (κ3) is 9.69. The van der Waals surface area contributed by atoms with Crippen LogP contribution in [0.2, 0.25) is 0 Å². The van der Waals surface area contributed by atoms with Crippen LogP contribution in [-0.4, -0.2) is 69.8 Å². The number of rotatable bonds is 16. The monoisotopic (exact) mass is 559 g/mol. The number of benzene rings is 1. The number of aromatic amines is 1. The maximum Gasteiger partial charge on any atom is 0.326 e. The topological polar surface area (TPSA) is 253 Å². The Kier molecular flexibility index (Phi) is 11.6. The number of primary amides is 2. The van der Waals surface area contributed by atoms with Gasteiger partial charge >= 0.3 is 5.97 Å². The van der Waals surface area contributed by atoms with E-state index in [4.69, 9.17) is 17.2 Å². The summed E-state index contributed by atoms with van der Waals surface area (Å²) in [5, 5.41) is 17.5. The predicted octanol–water partition coefficient (Wildman–Crippen LogP) is -1.24. The van der Waals surface area contributed by atoms with Gasteiger partial charge in [0, 0.05) is 23.5 Å². The number of amides is 5. The molecule has 11 N–H and O–H groups in total. The third-order valence-electron chi connectivity index (χ3n) is 6.12. The molecule has 0 spiro atoms. The van der Waals surface area contributed by atoms with E-state index in [2.05, 4.69) is 20.9 Å². The van der Waals surface area contributed by atoms with Crippen LogP contribution in [0.25, 0.3) is 10.9 Å². The minimum absolute atomic E-state index is 0.108. The number of aliphatic carboxylic acids is 1. The smallest absolute Gasteiger partial charge is 0.326 e. The summed E-state index contributed by atoms with van der Waals surface area (Å²) in [6.45, 7) is 3.56. The van der Waals surface area contributed by atoms with E-state index in [-0.39, 0.29) is 31.6 Å². The summed E-state index contributed by atoms with van der Waals surface area (Å²) in [5.41, 5.74) is 18.1. The number of H-pyrrole nitrogens is 1. The molecule has 0 fully saturated rings. The molecule has 4 unspecified atom stereocenters. The van der Waals surface area contributed by atoms with Crippen LogP contribution in [0.5, 0.6) is 0 Å². The summed E-state index contributed by atoms with van der Waals surface area (Å²) in [5.74, 6) is -5.52. The van der Waals surface area contributed by atoms with Gasteiger partial charge in [0.1, 0.15) is 18.1 Å². The van der Waals surface area contributed by atoms with Crippen LogP contribution in [0, 0.1) is 5.92 Å². The number of carboxylic acid groups (broad SMARTS) is 1. The number of carboxylic acids is 1. The van der Waals surface area contributed by atoms with E-state index in [0.717, 1.165) is 16.5 Å². The Morgan fingerprint density at radius 3 is 2.08 bits per heavy atom. The van der Waals surface area contributed by atoms with Gasteiger partial charge in [0.05, 0.1) is 12.5 Å². The summed E-state index contributed by atoms with van der Waals surface area (Å²) in [6, 6.07) is 2.31. The van der Waals surface area contributed by atoms with Crippen molar-refractivity contribution < 1.29 is 33.9 Å². The average molecular weight is 560 g/mol. The summed E-state index contributed by atoms with van der Waals surface area (Å²) in [4.78, 5) is 76.3. The number of para-hydroxylation sites is 1. The van der Waals surface area contributed by atoms with Crippen LogP contribution < -0.4 is 33.2 Å². The van der Waals surface area contributed by atoms with Crippen LogP contribution in [0.15, 0.2) is 30.5 Å². The van der Waals surface area contributed by atoms with Crippen LogP contribution >= 0.6 is 0 Å². The Labute approximate surface area is 230 Å². The molecule has 0 saturated carbocycles. The molecule has 0 saturated heterocycles. The fraction of sp³-hybridized carbons (Fsp3) is 0.462. The fourth-order valence-electron chi connectivity index (χ4n) is 4.11. The molecule has 4 atom stereocenters. The Morgan fingerprint density at radius 1 is 0.875 bits per heavy atom. The summed E-state index contributed by atoms with van der Waals surface area (Å²) >= 11 is 0. The van der Waals surface area contributed by atoms with E-state index < -0.39 is 66.1 Å². The molecular weight excluding hydrogens is 522 g/mol. The van der Waals surface area contributed by atoms with Gasteiger partial charge in [0.15, 0.2) is 0 Å². The van der Waals surface area contributed by atoms with Crippen LogP contribution in [-0.2, 0) is 35.2 Å². The van der Waals surface area contributed by atoms with Gasteiger partial charge in [0.2, 0.25) is 29.5 Å². The number of nitrogens with one attached hydrogen (secondary N) is 4. The van der Waals surface area contributed by atoms with Crippen LogP contribution in [0.4, 0.5) is 0 Å². The quantitative estimate of drug-likeness (QED) is 0.123. The molecule has 5 amide bonds. The van der Waals surface area contributed by atoms with Crippen molar-refractivity contribution in [3.05, 3.63) is 36.0 Å². The van der Waals surface area contributed by atoms with Gasteiger partial charge in [0.25, 0.3) is 0 Å². The van der Waals surface area contributed by atoms with E-state index in [0.29, 0.717) is 0 Å². The minimum atomic E-state index is -1.44. The zero-order chi connectivity index (χ0) is 30.0. The number of carbonyl (C=O) groups excluding carboxylic acids is 5. The lowest BCUT2D eigenvalue weighted by molar-refractivity contribution is -0.143. The highest BCUT2D eigenvalue weighted by molar-refractivity contribution is 5.96. The second-order valence-electron chi connectivity index (χ2n) is 10.00. The van der Waals surface area contributed by atoms with Gasteiger partial charge in [-0.05, 0) is 36.8 Å². The first kappa shape index (κ1) is 31.8. The van der Waals surface area contributed by atoms with Crippen molar-refractivity contribution in [2.45, 2.75) is 70.1 Å². The van der Waals surface area contributed by atoms with Crippen molar-refractivity contribution in [1.82, 2.24) is 20.9 Å². The number of aromatic nitrogens is 1. The van der Waals surface area contributed by atoms with Gasteiger partial charge in [-0.25, -0.2) is 4.79 Å². The lowest BCUT2D eigenvalue weighted by Crippen LogP contribution is -2.58. The number of hydrogen-bond donors (Lipinski definition) is 8. The summed E-state index contributed by atoms with van der Waals surface area (Å²) in [7, 11) is 0. The molecule has 40 heavy (non-hydrogen) atoms. The molecule has 0 bridgehead atoms. The molecule has 2 rings (SSSR count). The van der Waals surface area contributed by atoms with Gasteiger partial charge in [-0.1, -0.05) is 32.0 Å². The van der Waals surface area contributed by atoms with E-state index in [1.807, 2.05) is 24.3 Å². The third-order valence-corrected chi connectivity index (χ3v) is 6.12. The minimum Gasteiger partial charge on any atom is -0.480 e. The molecule has 1 aromatic carbocycles. The largest absolute Gasteiger partial charge is 0.480 e. The van der Waals surface area contributed by atoms with Crippen molar-refractivity contribution in [2.75, 3.05) is 0 Å². The first-order chi connectivity index (χ1) is 18.8. The lowest BCUT2D eigenvalue weighted by atomic mass is 10.0. The van der Waals surface area contributed by atoms with E-state index >= 15 is 0 Å². The summed E-state index contributed by atoms with van der Waals surface area (Å²) < 4.78 is 0. The van der Waals surface area contributed by atoms with Crippen molar-refractivity contribution in [3.8, 4) is 0 Å². The van der Waals surface area contributed by atoms with Crippen molar-refractivity contribution in [3.63, 3.8) is 0 Å². The molecule has 2 aromatic rings. The molecule has 0 aliphatic rings. The fourth-order valence-corrected chi connectivity index (χ4v) is 4.11. The Hall–Kier alpha value is -4.46. The molecule has 1 heterocycles. The highest BCUT2D eigenvalue weighted by atomic mass is 16.4. The lowest BCUT2D eigenvalue weighted by Gasteiger charge is -2.25. The molecule has 0 radical (unpaired) electrons. The van der Waals surface area contributed by atoms with Crippen molar-refractivity contribution in [1.29, 1.82) is 0 Å². The molecule has 218 valence electrons. The Balaban J connectivity index is 2.13. The van der Waals surface area contributed by atoms with Crippen LogP contribution in [0.3, 0.4) is 0 Å². The summed E-state index contributed by atoms with van der Waals surface area (Å²) in [6.07, 6.45) is 0.896.